The lowest BCUT2D eigenvalue weighted by molar-refractivity contribution is -0.0495. The topological polar surface area (TPSA) is 55.8 Å². The first-order chi connectivity index (χ1) is 8.43. The maximum Gasteiger partial charge on any atom is 0.508 e. The standard InChI is InChI=1S/C14H26O4/c1-9(2)12-6-5-10(3)7-13(12)18-14(16)17-11(4)8-15/h9-13,15H,5-8H2,1-4H3/t10-,11+,12+,13-/m1/s1. The number of hydrogen-bond acceptors (Lipinski definition) is 4. The SMILES string of the molecule is CC(C)[C@@H]1CC[C@@H](C)C[C@H]1OC(=O)O[C@@H](C)CO. The highest BCUT2D eigenvalue weighted by atomic mass is 16.7. The van der Waals surface area contributed by atoms with Gasteiger partial charge in [-0.1, -0.05) is 27.2 Å². The molecule has 0 radical (unpaired) electrons. The second-order valence-electron chi connectivity index (χ2n) is 5.84. The molecule has 0 saturated heterocycles. The van der Waals surface area contributed by atoms with Crippen molar-refractivity contribution in [1.82, 2.24) is 0 Å². The number of carbonyl (C=O) groups excluding carboxylic acids is 1. The maximum absolute atomic E-state index is 11.6. The van der Waals surface area contributed by atoms with Gasteiger partial charge in [0.05, 0.1) is 6.61 Å². The molecule has 1 rings (SSSR count). The van der Waals surface area contributed by atoms with Crippen molar-refractivity contribution in [3.05, 3.63) is 0 Å². The first-order valence-electron chi connectivity index (χ1n) is 6.92. The Morgan fingerprint density at radius 3 is 2.56 bits per heavy atom. The van der Waals surface area contributed by atoms with E-state index in [9.17, 15) is 4.79 Å². The van der Waals surface area contributed by atoms with E-state index in [1.165, 1.54) is 6.42 Å². The van der Waals surface area contributed by atoms with Gasteiger partial charge in [0, 0.05) is 0 Å². The molecule has 1 aliphatic carbocycles. The maximum atomic E-state index is 11.6. The van der Waals surface area contributed by atoms with E-state index in [-0.39, 0.29) is 12.7 Å². The summed E-state index contributed by atoms with van der Waals surface area (Å²) in [4.78, 5) is 11.6. The van der Waals surface area contributed by atoms with Crippen LogP contribution in [0.3, 0.4) is 0 Å². The van der Waals surface area contributed by atoms with Crippen molar-refractivity contribution in [1.29, 1.82) is 0 Å². The van der Waals surface area contributed by atoms with Crippen LogP contribution in [0.4, 0.5) is 4.79 Å². The highest BCUT2D eigenvalue weighted by molar-refractivity contribution is 5.60. The van der Waals surface area contributed by atoms with Crippen molar-refractivity contribution < 1.29 is 19.4 Å². The molecule has 0 aromatic heterocycles. The number of carbonyl (C=O) groups is 1. The quantitative estimate of drug-likeness (QED) is 0.788. The molecule has 0 bridgehead atoms. The van der Waals surface area contributed by atoms with Crippen LogP contribution in [0.2, 0.25) is 0 Å². The van der Waals surface area contributed by atoms with Crippen LogP contribution in [0.15, 0.2) is 0 Å². The van der Waals surface area contributed by atoms with Crippen molar-refractivity contribution in [3.63, 3.8) is 0 Å². The normalized spacial score (nSPS) is 30.0. The van der Waals surface area contributed by atoms with Crippen LogP contribution in [-0.2, 0) is 9.47 Å². The molecule has 0 aromatic carbocycles. The fourth-order valence-corrected chi connectivity index (χ4v) is 2.60. The molecule has 1 fully saturated rings. The van der Waals surface area contributed by atoms with Crippen LogP contribution in [-0.4, -0.2) is 30.1 Å². The van der Waals surface area contributed by atoms with Crippen LogP contribution in [0.5, 0.6) is 0 Å². The smallest absolute Gasteiger partial charge is 0.431 e. The van der Waals surface area contributed by atoms with Crippen molar-refractivity contribution in [2.24, 2.45) is 17.8 Å². The molecule has 0 amide bonds. The van der Waals surface area contributed by atoms with Gasteiger partial charge in [0.2, 0.25) is 0 Å². The third kappa shape index (κ3) is 4.48. The third-order valence-corrected chi connectivity index (χ3v) is 3.76. The summed E-state index contributed by atoms with van der Waals surface area (Å²) in [6, 6.07) is 0. The van der Waals surface area contributed by atoms with Crippen LogP contribution in [0.25, 0.3) is 0 Å². The summed E-state index contributed by atoms with van der Waals surface area (Å²) in [5.74, 6) is 1.51. The Morgan fingerprint density at radius 2 is 2.00 bits per heavy atom. The minimum atomic E-state index is -0.652. The Hall–Kier alpha value is -0.770. The van der Waals surface area contributed by atoms with Gasteiger partial charge in [0.15, 0.2) is 0 Å². The largest absolute Gasteiger partial charge is 0.508 e. The van der Waals surface area contributed by atoms with Gasteiger partial charge >= 0.3 is 6.16 Å². The molecule has 106 valence electrons. The molecule has 1 aliphatic rings. The number of ether oxygens (including phenoxy) is 2. The Labute approximate surface area is 110 Å². The van der Waals surface area contributed by atoms with Gasteiger partial charge in [-0.3, -0.25) is 0 Å². The molecule has 0 aromatic rings. The van der Waals surface area contributed by atoms with Crippen molar-refractivity contribution in [3.8, 4) is 0 Å². The predicted molar refractivity (Wildman–Crippen MR) is 69.2 cm³/mol. The number of aliphatic hydroxyl groups excluding tert-OH is 1. The van der Waals surface area contributed by atoms with E-state index < -0.39 is 12.3 Å². The average Bonchev–Trinajstić information content (AvgIpc) is 2.28. The Morgan fingerprint density at radius 1 is 1.33 bits per heavy atom. The van der Waals surface area contributed by atoms with Crippen molar-refractivity contribution in [2.75, 3.05) is 6.61 Å². The molecule has 18 heavy (non-hydrogen) atoms. The minimum absolute atomic E-state index is 0.0489. The van der Waals surface area contributed by atoms with E-state index >= 15 is 0 Å². The van der Waals surface area contributed by atoms with E-state index in [1.807, 2.05) is 0 Å². The van der Waals surface area contributed by atoms with Gasteiger partial charge in [-0.15, -0.1) is 0 Å². The van der Waals surface area contributed by atoms with Gasteiger partial charge in [0.1, 0.15) is 12.2 Å². The predicted octanol–water partition coefficient (Wildman–Crippen LogP) is 2.98. The molecule has 0 heterocycles. The molecule has 4 atom stereocenters. The lowest BCUT2D eigenvalue weighted by Gasteiger charge is -2.36. The second-order valence-corrected chi connectivity index (χ2v) is 5.84. The van der Waals surface area contributed by atoms with Crippen molar-refractivity contribution >= 4 is 6.16 Å². The van der Waals surface area contributed by atoms with Gasteiger partial charge in [-0.25, -0.2) is 4.79 Å². The molecule has 1 saturated carbocycles. The molecular formula is C14H26O4. The molecule has 0 spiro atoms. The molecule has 4 nitrogen and oxygen atoms in total. The highest BCUT2D eigenvalue weighted by Crippen LogP contribution is 2.35. The lowest BCUT2D eigenvalue weighted by atomic mass is 9.75. The Bertz CT molecular complexity index is 265. The summed E-state index contributed by atoms with van der Waals surface area (Å²) >= 11 is 0. The lowest BCUT2D eigenvalue weighted by Crippen LogP contribution is -2.36. The summed E-state index contributed by atoms with van der Waals surface area (Å²) in [7, 11) is 0. The van der Waals surface area contributed by atoms with Crippen molar-refractivity contribution in [2.45, 2.75) is 59.2 Å². The van der Waals surface area contributed by atoms with Crippen LogP contribution < -0.4 is 0 Å². The summed E-state index contributed by atoms with van der Waals surface area (Å²) in [6.45, 7) is 7.99. The number of rotatable bonds is 4. The summed E-state index contributed by atoms with van der Waals surface area (Å²) in [5, 5.41) is 8.84. The van der Waals surface area contributed by atoms with E-state index in [2.05, 4.69) is 20.8 Å². The summed E-state index contributed by atoms with van der Waals surface area (Å²) < 4.78 is 10.4. The molecule has 1 N–H and O–H groups in total. The first kappa shape index (κ1) is 15.3. The Kier molecular flexibility index (Phi) is 5.93. The number of hydrogen-bond donors (Lipinski definition) is 1. The van der Waals surface area contributed by atoms with E-state index in [1.54, 1.807) is 6.92 Å². The molecular weight excluding hydrogens is 232 g/mol. The van der Waals surface area contributed by atoms with Crippen LogP contribution in [0, 0.1) is 17.8 Å². The van der Waals surface area contributed by atoms with Gasteiger partial charge in [-0.05, 0) is 37.5 Å². The molecule has 0 aliphatic heterocycles. The van der Waals surface area contributed by atoms with Crippen LogP contribution in [0.1, 0.15) is 47.0 Å². The zero-order valence-corrected chi connectivity index (χ0v) is 11.9. The zero-order chi connectivity index (χ0) is 13.7. The fraction of sp³-hybridized carbons (Fsp3) is 0.929. The monoisotopic (exact) mass is 258 g/mol. The summed E-state index contributed by atoms with van der Waals surface area (Å²) in [5.41, 5.74) is 0. The number of aliphatic hydroxyl groups is 1. The Balaban J connectivity index is 2.52. The van der Waals surface area contributed by atoms with E-state index in [4.69, 9.17) is 14.6 Å². The van der Waals surface area contributed by atoms with Gasteiger partial charge < -0.3 is 14.6 Å². The average molecular weight is 258 g/mol. The molecule has 0 unspecified atom stereocenters. The first-order valence-corrected chi connectivity index (χ1v) is 6.92. The van der Waals surface area contributed by atoms with Crippen LogP contribution >= 0.6 is 0 Å². The second kappa shape index (κ2) is 6.98. The fourth-order valence-electron chi connectivity index (χ4n) is 2.60. The molecule has 4 heteroatoms. The minimum Gasteiger partial charge on any atom is -0.431 e. The summed E-state index contributed by atoms with van der Waals surface area (Å²) in [6.07, 6.45) is 2.01. The van der Waals surface area contributed by atoms with E-state index in [0.717, 1.165) is 12.8 Å². The zero-order valence-electron chi connectivity index (χ0n) is 11.9. The highest BCUT2D eigenvalue weighted by Gasteiger charge is 2.34. The van der Waals surface area contributed by atoms with Gasteiger partial charge in [0.25, 0.3) is 0 Å². The van der Waals surface area contributed by atoms with Gasteiger partial charge in [-0.2, -0.15) is 0 Å². The third-order valence-electron chi connectivity index (χ3n) is 3.76. The van der Waals surface area contributed by atoms with E-state index in [0.29, 0.717) is 17.8 Å².